The zero-order valence-electron chi connectivity index (χ0n) is 9.93. The number of hydrogen-bond donors (Lipinski definition) is 0. The van der Waals surface area contributed by atoms with Gasteiger partial charge in [0.25, 0.3) is 0 Å². The molecule has 1 aliphatic rings. The highest BCUT2D eigenvalue weighted by Gasteiger charge is 2.40. The summed E-state index contributed by atoms with van der Waals surface area (Å²) in [5.41, 5.74) is 1.22. The van der Waals surface area contributed by atoms with Crippen molar-refractivity contribution < 1.29 is 4.79 Å². The molecule has 2 nitrogen and oxygen atoms in total. The fourth-order valence-corrected chi connectivity index (χ4v) is 3.50. The molecule has 0 bridgehead atoms. The summed E-state index contributed by atoms with van der Waals surface area (Å²) in [6.45, 7) is 6.86. The molecule has 1 aromatic rings. The highest BCUT2D eigenvalue weighted by Crippen LogP contribution is 2.48. The summed E-state index contributed by atoms with van der Waals surface area (Å²) in [6, 6.07) is 10.2. The van der Waals surface area contributed by atoms with Gasteiger partial charge in [-0.05, 0) is 19.4 Å². The molecular formula is C13H17NOS. The zero-order chi connectivity index (χ0) is 11.8. The maximum absolute atomic E-state index is 11.6. The fraction of sp³-hybridized carbons (Fsp3) is 0.462. The average Bonchev–Trinajstić information content (AvgIpc) is 2.56. The second kappa shape index (κ2) is 4.13. The van der Waals surface area contributed by atoms with E-state index in [0.717, 1.165) is 6.54 Å². The van der Waals surface area contributed by atoms with Gasteiger partial charge in [-0.2, -0.15) is 0 Å². The van der Waals surface area contributed by atoms with E-state index in [1.165, 1.54) is 5.56 Å². The summed E-state index contributed by atoms with van der Waals surface area (Å²) >= 11 is 1.86. The van der Waals surface area contributed by atoms with Crippen molar-refractivity contribution in [3.63, 3.8) is 0 Å². The predicted octanol–water partition coefficient (Wildman–Crippen LogP) is 3.06. The summed E-state index contributed by atoms with van der Waals surface area (Å²) in [5.74, 6) is 0.159. The lowest BCUT2D eigenvalue weighted by Crippen LogP contribution is -2.31. The first kappa shape index (κ1) is 11.5. The number of hydrogen-bond acceptors (Lipinski definition) is 2. The number of nitrogens with zero attached hydrogens (tertiary/aromatic N) is 1. The molecule has 1 heterocycles. The van der Waals surface area contributed by atoms with E-state index in [9.17, 15) is 4.79 Å². The Morgan fingerprint density at radius 1 is 1.38 bits per heavy atom. The molecule has 1 atom stereocenters. The normalized spacial score (nSPS) is 23.4. The van der Waals surface area contributed by atoms with Crippen molar-refractivity contribution in [3.8, 4) is 0 Å². The topological polar surface area (TPSA) is 20.3 Å². The van der Waals surface area contributed by atoms with E-state index in [1.807, 2.05) is 34.9 Å². The van der Waals surface area contributed by atoms with Crippen LogP contribution in [0.25, 0.3) is 0 Å². The number of carbonyl (C=O) groups is 1. The van der Waals surface area contributed by atoms with Crippen molar-refractivity contribution in [2.75, 3.05) is 6.54 Å². The minimum atomic E-state index is 0.145. The van der Waals surface area contributed by atoms with Crippen LogP contribution >= 0.6 is 11.8 Å². The summed E-state index contributed by atoms with van der Waals surface area (Å²) < 4.78 is 0.145. The molecule has 1 fully saturated rings. The van der Waals surface area contributed by atoms with Crippen LogP contribution in [0.4, 0.5) is 0 Å². The Labute approximate surface area is 101 Å². The maximum atomic E-state index is 11.6. The van der Waals surface area contributed by atoms with Crippen LogP contribution in [-0.4, -0.2) is 22.1 Å². The molecular weight excluding hydrogens is 218 g/mol. The van der Waals surface area contributed by atoms with Crippen LogP contribution < -0.4 is 0 Å². The van der Waals surface area contributed by atoms with E-state index in [1.54, 1.807) is 6.92 Å². The molecule has 0 radical (unpaired) electrons. The van der Waals surface area contributed by atoms with Crippen molar-refractivity contribution in [2.24, 2.45) is 0 Å². The lowest BCUT2D eigenvalue weighted by molar-refractivity contribution is -0.129. The minimum absolute atomic E-state index is 0.145. The van der Waals surface area contributed by atoms with Crippen LogP contribution in [-0.2, 0) is 4.79 Å². The lowest BCUT2D eigenvalue weighted by atomic mass is 10.1. The Bertz CT molecular complexity index is 388. The van der Waals surface area contributed by atoms with Gasteiger partial charge in [-0.1, -0.05) is 30.3 Å². The van der Waals surface area contributed by atoms with E-state index in [-0.39, 0.29) is 16.0 Å². The molecule has 0 aromatic heterocycles. The average molecular weight is 235 g/mol. The Kier molecular flexibility index (Phi) is 2.98. The molecule has 3 heteroatoms. The van der Waals surface area contributed by atoms with Crippen LogP contribution in [0.1, 0.15) is 31.7 Å². The van der Waals surface area contributed by atoms with E-state index in [4.69, 9.17) is 0 Å². The first-order valence-corrected chi connectivity index (χ1v) is 6.37. The van der Waals surface area contributed by atoms with E-state index >= 15 is 0 Å². The van der Waals surface area contributed by atoms with Gasteiger partial charge in [0.15, 0.2) is 0 Å². The molecule has 0 aliphatic carbocycles. The van der Waals surface area contributed by atoms with Gasteiger partial charge in [0.05, 0.1) is 0 Å². The van der Waals surface area contributed by atoms with Crippen molar-refractivity contribution in [3.05, 3.63) is 35.9 Å². The second-order valence-corrected chi connectivity index (χ2v) is 6.57. The number of thioether (sulfide) groups is 1. The van der Waals surface area contributed by atoms with Gasteiger partial charge in [0.2, 0.25) is 5.91 Å². The molecule has 1 amide bonds. The number of carbonyl (C=O) groups excluding carboxylic acids is 1. The molecule has 1 aliphatic heterocycles. The smallest absolute Gasteiger partial charge is 0.220 e. The van der Waals surface area contributed by atoms with Crippen LogP contribution in [0.3, 0.4) is 0 Å². The highest BCUT2D eigenvalue weighted by atomic mass is 32.2. The standard InChI is InChI=1S/C13H17NOS/c1-10(15)14-9-13(2,3)16-12(14)11-7-5-4-6-8-11/h4-8,12H,9H2,1-3H3/t12-/m0/s1. The highest BCUT2D eigenvalue weighted by molar-refractivity contribution is 8.01. The van der Waals surface area contributed by atoms with Gasteiger partial charge in [-0.15, -0.1) is 11.8 Å². The Morgan fingerprint density at radius 2 is 2.00 bits per heavy atom. The first-order valence-electron chi connectivity index (χ1n) is 5.49. The fourth-order valence-electron chi connectivity index (χ4n) is 2.04. The molecule has 16 heavy (non-hydrogen) atoms. The predicted molar refractivity (Wildman–Crippen MR) is 68.2 cm³/mol. The largest absolute Gasteiger partial charge is 0.325 e. The molecule has 1 aromatic carbocycles. The number of benzene rings is 1. The third-order valence-corrected chi connectivity index (χ3v) is 4.27. The summed E-state index contributed by atoms with van der Waals surface area (Å²) in [7, 11) is 0. The quantitative estimate of drug-likeness (QED) is 0.745. The maximum Gasteiger partial charge on any atom is 0.220 e. The lowest BCUT2D eigenvalue weighted by Gasteiger charge is -2.22. The molecule has 2 rings (SSSR count). The molecule has 0 unspecified atom stereocenters. The van der Waals surface area contributed by atoms with E-state index in [2.05, 4.69) is 26.0 Å². The van der Waals surface area contributed by atoms with Crippen molar-refractivity contribution in [1.82, 2.24) is 4.90 Å². The molecule has 1 saturated heterocycles. The summed E-state index contributed by atoms with van der Waals surface area (Å²) in [5, 5.41) is 0.175. The van der Waals surface area contributed by atoms with Gasteiger partial charge < -0.3 is 4.90 Å². The SMILES string of the molecule is CC(=O)N1CC(C)(C)S[C@H]1c1ccccc1. The Hall–Kier alpha value is -0.960. The number of amides is 1. The molecule has 0 spiro atoms. The van der Waals surface area contributed by atoms with Gasteiger partial charge in [0.1, 0.15) is 5.37 Å². The van der Waals surface area contributed by atoms with Gasteiger partial charge >= 0.3 is 0 Å². The van der Waals surface area contributed by atoms with Crippen LogP contribution in [0, 0.1) is 0 Å². The Balaban J connectivity index is 2.29. The monoisotopic (exact) mass is 235 g/mol. The van der Waals surface area contributed by atoms with E-state index in [0.29, 0.717) is 0 Å². The van der Waals surface area contributed by atoms with Crippen LogP contribution in [0.15, 0.2) is 30.3 Å². The van der Waals surface area contributed by atoms with Crippen molar-refractivity contribution >= 4 is 17.7 Å². The number of rotatable bonds is 1. The first-order chi connectivity index (χ1) is 7.49. The van der Waals surface area contributed by atoms with Crippen molar-refractivity contribution in [1.29, 1.82) is 0 Å². The Morgan fingerprint density at radius 3 is 2.56 bits per heavy atom. The van der Waals surface area contributed by atoms with Gasteiger partial charge in [0, 0.05) is 18.2 Å². The molecule has 86 valence electrons. The summed E-state index contributed by atoms with van der Waals surface area (Å²) in [4.78, 5) is 13.6. The van der Waals surface area contributed by atoms with Crippen molar-refractivity contribution in [2.45, 2.75) is 30.9 Å². The van der Waals surface area contributed by atoms with Crippen LogP contribution in [0.2, 0.25) is 0 Å². The minimum Gasteiger partial charge on any atom is -0.325 e. The zero-order valence-corrected chi connectivity index (χ0v) is 10.8. The second-order valence-electron chi connectivity index (χ2n) is 4.79. The van der Waals surface area contributed by atoms with Gasteiger partial charge in [-0.3, -0.25) is 4.79 Å². The van der Waals surface area contributed by atoms with Crippen LogP contribution in [0.5, 0.6) is 0 Å². The van der Waals surface area contributed by atoms with Gasteiger partial charge in [-0.25, -0.2) is 0 Å². The van der Waals surface area contributed by atoms with E-state index < -0.39 is 0 Å². The summed E-state index contributed by atoms with van der Waals surface area (Å²) in [6.07, 6.45) is 0. The molecule has 0 N–H and O–H groups in total. The third-order valence-electron chi connectivity index (χ3n) is 2.75. The molecule has 0 saturated carbocycles. The third kappa shape index (κ3) is 2.24.